The molecule has 19 heavy (non-hydrogen) atoms. The van der Waals surface area contributed by atoms with Crippen molar-refractivity contribution in [1.82, 2.24) is 5.32 Å². The molecule has 1 rings (SSSR count). The van der Waals surface area contributed by atoms with E-state index in [9.17, 15) is 4.79 Å². The fourth-order valence-electron chi connectivity index (χ4n) is 1.99. The lowest BCUT2D eigenvalue weighted by atomic mass is 9.94. The van der Waals surface area contributed by atoms with Crippen LogP contribution in [0.15, 0.2) is 24.3 Å². The maximum atomic E-state index is 11.9. The zero-order valence-corrected chi connectivity index (χ0v) is 12.2. The Morgan fingerprint density at radius 1 is 1.32 bits per heavy atom. The van der Waals surface area contributed by atoms with E-state index in [4.69, 9.17) is 5.11 Å². The van der Waals surface area contributed by atoms with Crippen LogP contribution in [0.25, 0.3) is 0 Å². The molecule has 0 aliphatic rings. The number of aliphatic hydroxyl groups excluding tert-OH is 1. The average molecular weight is 263 g/mol. The van der Waals surface area contributed by atoms with Gasteiger partial charge in [0.05, 0.1) is 0 Å². The molecule has 2 N–H and O–H groups in total. The lowest BCUT2D eigenvalue weighted by Gasteiger charge is -2.29. The fraction of sp³-hybridized carbons (Fsp3) is 0.562. The molecule has 0 spiro atoms. The Balaban J connectivity index is 2.45. The predicted octanol–water partition coefficient (Wildman–Crippen LogP) is 2.59. The summed E-state index contributed by atoms with van der Waals surface area (Å²) in [6.45, 7) is 6.16. The number of aliphatic hydroxyl groups is 1. The van der Waals surface area contributed by atoms with Gasteiger partial charge in [0.15, 0.2) is 0 Å². The number of carbonyl (C=O) groups is 1. The van der Waals surface area contributed by atoms with Crippen LogP contribution >= 0.6 is 0 Å². The summed E-state index contributed by atoms with van der Waals surface area (Å²) < 4.78 is 0. The highest BCUT2D eigenvalue weighted by atomic mass is 16.3. The Labute approximate surface area is 116 Å². The van der Waals surface area contributed by atoms with Crippen LogP contribution < -0.4 is 5.32 Å². The van der Waals surface area contributed by atoms with Crippen LogP contribution in [0.3, 0.4) is 0 Å². The standard InChI is InChI=1S/C16H25NO2/c1-4-16(3,11-12-18)17-15(19)10-9-14-7-5-13(2)6-8-14/h5-8,18H,4,9-12H2,1-3H3,(H,17,19). The second kappa shape index (κ2) is 7.29. The molecule has 0 heterocycles. The Bertz CT molecular complexity index is 400. The number of hydrogen-bond donors (Lipinski definition) is 2. The molecule has 1 unspecified atom stereocenters. The average Bonchev–Trinajstić information content (AvgIpc) is 2.38. The summed E-state index contributed by atoms with van der Waals surface area (Å²) >= 11 is 0. The van der Waals surface area contributed by atoms with Gasteiger partial charge in [-0.2, -0.15) is 0 Å². The van der Waals surface area contributed by atoms with Crippen molar-refractivity contribution in [2.75, 3.05) is 6.61 Å². The zero-order valence-electron chi connectivity index (χ0n) is 12.2. The summed E-state index contributed by atoms with van der Waals surface area (Å²) in [5.41, 5.74) is 2.12. The first kappa shape index (κ1) is 15.7. The Kier molecular flexibility index (Phi) is 6.03. The van der Waals surface area contributed by atoms with Crippen LogP contribution in [0.5, 0.6) is 0 Å². The number of nitrogens with one attached hydrogen (secondary N) is 1. The van der Waals surface area contributed by atoms with E-state index < -0.39 is 0 Å². The monoisotopic (exact) mass is 263 g/mol. The van der Waals surface area contributed by atoms with Gasteiger partial charge in [-0.3, -0.25) is 4.79 Å². The predicted molar refractivity (Wildman–Crippen MR) is 78.0 cm³/mol. The highest BCUT2D eigenvalue weighted by Gasteiger charge is 2.23. The van der Waals surface area contributed by atoms with E-state index in [1.807, 2.05) is 13.8 Å². The molecule has 1 aromatic carbocycles. The maximum Gasteiger partial charge on any atom is 0.220 e. The molecule has 0 fully saturated rings. The van der Waals surface area contributed by atoms with Crippen LogP contribution in [0, 0.1) is 6.92 Å². The van der Waals surface area contributed by atoms with Crippen molar-refractivity contribution in [1.29, 1.82) is 0 Å². The van der Waals surface area contributed by atoms with Gasteiger partial charge >= 0.3 is 0 Å². The molecule has 106 valence electrons. The van der Waals surface area contributed by atoms with Crippen molar-refractivity contribution < 1.29 is 9.90 Å². The molecular formula is C16H25NO2. The molecule has 0 saturated heterocycles. The largest absolute Gasteiger partial charge is 0.396 e. The van der Waals surface area contributed by atoms with E-state index in [0.29, 0.717) is 12.8 Å². The van der Waals surface area contributed by atoms with Gasteiger partial charge in [-0.05, 0) is 38.7 Å². The summed E-state index contributed by atoms with van der Waals surface area (Å²) in [7, 11) is 0. The number of aryl methyl sites for hydroxylation is 2. The third-order valence-corrected chi connectivity index (χ3v) is 3.65. The van der Waals surface area contributed by atoms with E-state index in [1.165, 1.54) is 11.1 Å². The lowest BCUT2D eigenvalue weighted by molar-refractivity contribution is -0.123. The normalized spacial score (nSPS) is 13.9. The minimum atomic E-state index is -0.293. The second-order valence-electron chi connectivity index (χ2n) is 5.42. The Hall–Kier alpha value is -1.35. The van der Waals surface area contributed by atoms with Gasteiger partial charge in [0.25, 0.3) is 0 Å². The molecule has 0 saturated carbocycles. The number of amides is 1. The molecule has 0 aromatic heterocycles. The summed E-state index contributed by atoms with van der Waals surface area (Å²) in [5, 5.41) is 12.1. The molecule has 1 aromatic rings. The van der Waals surface area contributed by atoms with Crippen molar-refractivity contribution in [3.63, 3.8) is 0 Å². The van der Waals surface area contributed by atoms with E-state index in [2.05, 4.69) is 36.5 Å². The number of hydrogen-bond acceptors (Lipinski definition) is 2. The fourth-order valence-corrected chi connectivity index (χ4v) is 1.99. The Morgan fingerprint density at radius 2 is 1.95 bits per heavy atom. The summed E-state index contributed by atoms with van der Waals surface area (Å²) in [4.78, 5) is 11.9. The highest BCUT2D eigenvalue weighted by Crippen LogP contribution is 2.14. The number of rotatable bonds is 7. The molecule has 1 atom stereocenters. The smallest absolute Gasteiger partial charge is 0.220 e. The SMILES string of the molecule is CCC(C)(CCO)NC(=O)CCc1ccc(C)cc1. The number of benzene rings is 1. The third kappa shape index (κ3) is 5.43. The first-order valence-corrected chi connectivity index (χ1v) is 6.96. The summed E-state index contributed by atoms with van der Waals surface area (Å²) in [6.07, 6.45) is 2.67. The van der Waals surface area contributed by atoms with E-state index >= 15 is 0 Å². The van der Waals surface area contributed by atoms with Crippen LogP contribution in [0.1, 0.15) is 44.2 Å². The first-order chi connectivity index (χ1) is 8.99. The van der Waals surface area contributed by atoms with Gasteiger partial charge in [0, 0.05) is 18.6 Å². The molecule has 1 amide bonds. The van der Waals surface area contributed by atoms with Crippen molar-refractivity contribution >= 4 is 5.91 Å². The van der Waals surface area contributed by atoms with E-state index in [1.54, 1.807) is 0 Å². The summed E-state index contributed by atoms with van der Waals surface area (Å²) in [5.74, 6) is 0.0541. The van der Waals surface area contributed by atoms with Crippen LogP contribution in [0.2, 0.25) is 0 Å². The molecule has 3 nitrogen and oxygen atoms in total. The zero-order chi connectivity index (χ0) is 14.3. The van der Waals surface area contributed by atoms with Crippen LogP contribution in [0.4, 0.5) is 0 Å². The lowest BCUT2D eigenvalue weighted by Crippen LogP contribution is -2.46. The molecule has 0 bridgehead atoms. The van der Waals surface area contributed by atoms with Crippen molar-refractivity contribution in [3.05, 3.63) is 35.4 Å². The third-order valence-electron chi connectivity index (χ3n) is 3.65. The minimum Gasteiger partial charge on any atom is -0.396 e. The van der Waals surface area contributed by atoms with Crippen LogP contribution in [-0.2, 0) is 11.2 Å². The van der Waals surface area contributed by atoms with E-state index in [0.717, 1.165) is 12.8 Å². The van der Waals surface area contributed by atoms with E-state index in [-0.39, 0.29) is 18.1 Å². The molecule has 3 heteroatoms. The molecule has 0 aliphatic carbocycles. The first-order valence-electron chi connectivity index (χ1n) is 6.96. The number of carbonyl (C=O) groups excluding carboxylic acids is 1. The van der Waals surface area contributed by atoms with Gasteiger partial charge in [-0.15, -0.1) is 0 Å². The molecular weight excluding hydrogens is 238 g/mol. The summed E-state index contributed by atoms with van der Waals surface area (Å²) in [6, 6.07) is 8.26. The van der Waals surface area contributed by atoms with Gasteiger partial charge in [0.1, 0.15) is 0 Å². The second-order valence-corrected chi connectivity index (χ2v) is 5.42. The van der Waals surface area contributed by atoms with Crippen molar-refractivity contribution in [2.45, 2.75) is 52.0 Å². The maximum absolute atomic E-state index is 11.9. The molecule has 0 aliphatic heterocycles. The van der Waals surface area contributed by atoms with Gasteiger partial charge in [-0.25, -0.2) is 0 Å². The van der Waals surface area contributed by atoms with Gasteiger partial charge in [0.2, 0.25) is 5.91 Å². The van der Waals surface area contributed by atoms with Crippen molar-refractivity contribution in [3.8, 4) is 0 Å². The Morgan fingerprint density at radius 3 is 2.47 bits per heavy atom. The van der Waals surface area contributed by atoms with Gasteiger partial charge < -0.3 is 10.4 Å². The topological polar surface area (TPSA) is 49.3 Å². The van der Waals surface area contributed by atoms with Crippen molar-refractivity contribution in [2.24, 2.45) is 0 Å². The van der Waals surface area contributed by atoms with Gasteiger partial charge in [-0.1, -0.05) is 36.8 Å². The minimum absolute atomic E-state index is 0.0541. The quantitative estimate of drug-likeness (QED) is 0.794. The molecule has 0 radical (unpaired) electrons. The van der Waals surface area contributed by atoms with Crippen LogP contribution in [-0.4, -0.2) is 23.2 Å². The highest BCUT2D eigenvalue weighted by molar-refractivity contribution is 5.77.